The number of carbonyl (C=O) groups is 1. The Morgan fingerprint density at radius 3 is 2.79 bits per heavy atom. The van der Waals surface area contributed by atoms with E-state index in [1.54, 1.807) is 13.2 Å². The fraction of sp³-hybridized carbons (Fsp3) is 0.476. The lowest BCUT2D eigenvalue weighted by molar-refractivity contribution is -0.123. The van der Waals surface area contributed by atoms with Crippen LogP contribution in [-0.4, -0.2) is 42.7 Å². The number of rotatable bonds is 7. The average Bonchev–Trinajstić information content (AvgIpc) is 2.70. The van der Waals surface area contributed by atoms with E-state index in [4.69, 9.17) is 9.47 Å². The SMILES string of the molecule is COc1ccc(CNC(=O)COc2cc(C)nc(N3CCC[C@@H](C)C3)n2)cc1. The monoisotopic (exact) mass is 384 g/mol. The molecule has 0 spiro atoms. The van der Waals surface area contributed by atoms with Gasteiger partial charge in [0.15, 0.2) is 6.61 Å². The predicted octanol–water partition coefficient (Wildman–Crippen LogP) is 2.73. The van der Waals surface area contributed by atoms with Gasteiger partial charge in [0.1, 0.15) is 5.75 Å². The van der Waals surface area contributed by atoms with E-state index in [0.29, 0.717) is 24.3 Å². The summed E-state index contributed by atoms with van der Waals surface area (Å²) in [7, 11) is 1.63. The van der Waals surface area contributed by atoms with Crippen LogP contribution in [0.4, 0.5) is 5.95 Å². The molecule has 0 saturated carbocycles. The first-order chi connectivity index (χ1) is 13.5. The number of ether oxygens (including phenoxy) is 2. The Kier molecular flexibility index (Phi) is 6.68. The van der Waals surface area contributed by atoms with E-state index in [-0.39, 0.29) is 12.5 Å². The van der Waals surface area contributed by atoms with Gasteiger partial charge in [-0.25, -0.2) is 4.98 Å². The molecule has 1 atom stereocenters. The number of methoxy groups -OCH3 is 1. The number of piperidine rings is 1. The maximum absolute atomic E-state index is 12.1. The van der Waals surface area contributed by atoms with Crippen LogP contribution in [0, 0.1) is 12.8 Å². The van der Waals surface area contributed by atoms with Crippen LogP contribution in [0.25, 0.3) is 0 Å². The largest absolute Gasteiger partial charge is 0.497 e. The molecule has 1 aromatic carbocycles. The van der Waals surface area contributed by atoms with Gasteiger partial charge in [0.2, 0.25) is 11.8 Å². The molecular weight excluding hydrogens is 356 g/mol. The van der Waals surface area contributed by atoms with Crippen LogP contribution >= 0.6 is 0 Å². The summed E-state index contributed by atoms with van der Waals surface area (Å²) in [6, 6.07) is 9.32. The number of amides is 1. The summed E-state index contributed by atoms with van der Waals surface area (Å²) in [4.78, 5) is 23.3. The minimum Gasteiger partial charge on any atom is -0.497 e. The summed E-state index contributed by atoms with van der Waals surface area (Å²) >= 11 is 0. The molecule has 1 aromatic heterocycles. The van der Waals surface area contributed by atoms with Crippen molar-refractivity contribution in [2.24, 2.45) is 5.92 Å². The van der Waals surface area contributed by atoms with Crippen LogP contribution in [0.15, 0.2) is 30.3 Å². The van der Waals surface area contributed by atoms with Gasteiger partial charge in [-0.05, 0) is 43.4 Å². The summed E-state index contributed by atoms with van der Waals surface area (Å²) in [6.45, 7) is 6.41. The van der Waals surface area contributed by atoms with E-state index in [1.165, 1.54) is 6.42 Å². The normalized spacial score (nSPS) is 16.5. The Morgan fingerprint density at radius 1 is 1.29 bits per heavy atom. The van der Waals surface area contributed by atoms with Crippen LogP contribution in [-0.2, 0) is 11.3 Å². The number of nitrogens with zero attached hydrogens (tertiary/aromatic N) is 3. The first-order valence-corrected chi connectivity index (χ1v) is 9.66. The zero-order valence-electron chi connectivity index (χ0n) is 16.8. The van der Waals surface area contributed by atoms with Crippen LogP contribution in [0.5, 0.6) is 11.6 Å². The van der Waals surface area contributed by atoms with E-state index in [0.717, 1.165) is 36.5 Å². The number of nitrogens with one attached hydrogen (secondary N) is 1. The third-order valence-corrected chi connectivity index (χ3v) is 4.76. The molecule has 1 aliphatic rings. The molecule has 1 amide bonds. The van der Waals surface area contributed by atoms with Gasteiger partial charge in [-0.15, -0.1) is 0 Å². The molecule has 0 aliphatic carbocycles. The molecular formula is C21H28N4O3. The Morgan fingerprint density at radius 2 is 2.07 bits per heavy atom. The highest BCUT2D eigenvalue weighted by molar-refractivity contribution is 5.77. The molecule has 7 nitrogen and oxygen atoms in total. The van der Waals surface area contributed by atoms with Crippen molar-refractivity contribution in [1.82, 2.24) is 15.3 Å². The lowest BCUT2D eigenvalue weighted by atomic mass is 10.0. The quantitative estimate of drug-likeness (QED) is 0.791. The summed E-state index contributed by atoms with van der Waals surface area (Å²) in [5.74, 6) is 2.34. The summed E-state index contributed by atoms with van der Waals surface area (Å²) in [6.07, 6.45) is 2.38. The summed E-state index contributed by atoms with van der Waals surface area (Å²) in [5.41, 5.74) is 1.82. The highest BCUT2D eigenvalue weighted by Gasteiger charge is 2.19. The summed E-state index contributed by atoms with van der Waals surface area (Å²) in [5, 5.41) is 2.85. The van der Waals surface area contributed by atoms with E-state index in [2.05, 4.69) is 27.1 Å². The first-order valence-electron chi connectivity index (χ1n) is 9.66. The summed E-state index contributed by atoms with van der Waals surface area (Å²) < 4.78 is 10.8. The Balaban J connectivity index is 1.52. The number of benzene rings is 1. The molecule has 28 heavy (non-hydrogen) atoms. The molecule has 1 N–H and O–H groups in total. The molecule has 0 unspecified atom stereocenters. The van der Waals surface area contributed by atoms with E-state index in [1.807, 2.05) is 31.2 Å². The van der Waals surface area contributed by atoms with Crippen molar-refractivity contribution in [2.75, 3.05) is 31.7 Å². The van der Waals surface area contributed by atoms with Gasteiger partial charge in [-0.1, -0.05) is 19.1 Å². The van der Waals surface area contributed by atoms with Crippen LogP contribution in [0.1, 0.15) is 31.0 Å². The van der Waals surface area contributed by atoms with Crippen molar-refractivity contribution >= 4 is 11.9 Å². The van der Waals surface area contributed by atoms with Crippen molar-refractivity contribution in [3.63, 3.8) is 0 Å². The zero-order chi connectivity index (χ0) is 19.9. The number of carbonyl (C=O) groups excluding carboxylic acids is 1. The smallest absolute Gasteiger partial charge is 0.258 e. The lowest BCUT2D eigenvalue weighted by Gasteiger charge is -2.31. The topological polar surface area (TPSA) is 76.6 Å². The Labute approximate surface area is 166 Å². The van der Waals surface area contributed by atoms with E-state index < -0.39 is 0 Å². The zero-order valence-corrected chi connectivity index (χ0v) is 16.8. The van der Waals surface area contributed by atoms with Crippen molar-refractivity contribution in [1.29, 1.82) is 0 Å². The molecule has 2 heterocycles. The molecule has 2 aromatic rings. The highest BCUT2D eigenvalue weighted by atomic mass is 16.5. The van der Waals surface area contributed by atoms with Gasteiger partial charge in [-0.3, -0.25) is 4.79 Å². The minimum absolute atomic E-state index is 0.0809. The number of aromatic nitrogens is 2. The van der Waals surface area contributed by atoms with Crippen LogP contribution in [0.3, 0.4) is 0 Å². The third kappa shape index (κ3) is 5.58. The Bertz CT molecular complexity index is 795. The minimum atomic E-state index is -0.194. The van der Waals surface area contributed by atoms with Crippen molar-refractivity contribution in [2.45, 2.75) is 33.2 Å². The number of aryl methyl sites for hydroxylation is 1. The molecule has 0 radical (unpaired) electrons. The molecule has 150 valence electrons. The van der Waals surface area contributed by atoms with Gasteiger partial charge in [0.05, 0.1) is 7.11 Å². The number of hydrogen-bond donors (Lipinski definition) is 1. The molecule has 1 aliphatic heterocycles. The van der Waals surface area contributed by atoms with Crippen molar-refractivity contribution in [3.8, 4) is 11.6 Å². The predicted molar refractivity (Wildman–Crippen MR) is 108 cm³/mol. The molecule has 3 rings (SSSR count). The van der Waals surface area contributed by atoms with Gasteiger partial charge in [0.25, 0.3) is 5.91 Å². The second-order valence-electron chi connectivity index (χ2n) is 7.25. The van der Waals surface area contributed by atoms with E-state index in [9.17, 15) is 4.79 Å². The van der Waals surface area contributed by atoms with Crippen molar-refractivity contribution < 1.29 is 14.3 Å². The van der Waals surface area contributed by atoms with Crippen molar-refractivity contribution in [3.05, 3.63) is 41.6 Å². The second-order valence-corrected chi connectivity index (χ2v) is 7.25. The molecule has 7 heteroatoms. The molecule has 0 bridgehead atoms. The maximum atomic E-state index is 12.1. The number of anilines is 1. The van der Waals surface area contributed by atoms with Gasteiger partial charge in [-0.2, -0.15) is 4.98 Å². The lowest BCUT2D eigenvalue weighted by Crippen LogP contribution is -2.35. The number of hydrogen-bond acceptors (Lipinski definition) is 6. The van der Waals surface area contributed by atoms with Crippen LogP contribution < -0.4 is 19.7 Å². The molecule has 1 fully saturated rings. The second kappa shape index (κ2) is 9.39. The third-order valence-electron chi connectivity index (χ3n) is 4.76. The average molecular weight is 384 g/mol. The fourth-order valence-corrected chi connectivity index (χ4v) is 3.25. The Hall–Kier alpha value is -2.83. The van der Waals surface area contributed by atoms with Gasteiger partial charge < -0.3 is 19.7 Å². The van der Waals surface area contributed by atoms with E-state index >= 15 is 0 Å². The van der Waals surface area contributed by atoms with Crippen LogP contribution in [0.2, 0.25) is 0 Å². The highest BCUT2D eigenvalue weighted by Crippen LogP contribution is 2.22. The van der Waals surface area contributed by atoms with Gasteiger partial charge in [0, 0.05) is 31.4 Å². The van der Waals surface area contributed by atoms with Gasteiger partial charge >= 0.3 is 0 Å². The fourth-order valence-electron chi connectivity index (χ4n) is 3.25. The first kappa shape index (κ1) is 19.9. The standard InChI is InChI=1S/C21H28N4O3/c1-15-5-4-10-25(13-15)21-23-16(2)11-20(24-21)28-14-19(26)22-12-17-6-8-18(27-3)9-7-17/h6-9,11,15H,4-5,10,12-14H2,1-3H3,(H,22,26)/t15-/m1/s1. The maximum Gasteiger partial charge on any atom is 0.258 e. The molecule has 1 saturated heterocycles.